The molecule has 0 aromatic heterocycles. The van der Waals surface area contributed by atoms with Crippen LogP contribution in [0.2, 0.25) is 5.02 Å². The third-order valence-corrected chi connectivity index (χ3v) is 5.11. The number of ketones is 1. The Kier molecular flexibility index (Phi) is 5.76. The molecule has 1 aliphatic carbocycles. The van der Waals surface area contributed by atoms with Crippen LogP contribution >= 0.6 is 11.6 Å². The fourth-order valence-corrected chi connectivity index (χ4v) is 3.53. The average molecular weight is 387 g/mol. The summed E-state index contributed by atoms with van der Waals surface area (Å²) in [5.74, 6) is -2.97. The largest absolute Gasteiger partial charge is 0.465 e. The highest BCUT2D eigenvalue weighted by Gasteiger charge is 2.40. The van der Waals surface area contributed by atoms with E-state index < -0.39 is 23.6 Å². The Morgan fingerprint density at radius 1 is 1.22 bits per heavy atom. The van der Waals surface area contributed by atoms with Crippen molar-refractivity contribution < 1.29 is 18.7 Å². The quantitative estimate of drug-likeness (QED) is 0.542. The van der Waals surface area contributed by atoms with Crippen molar-refractivity contribution in [2.45, 2.75) is 26.2 Å². The summed E-state index contributed by atoms with van der Waals surface area (Å²) in [6.07, 6.45) is 1.94. The van der Waals surface area contributed by atoms with Crippen molar-refractivity contribution in [3.63, 3.8) is 0 Å². The maximum atomic E-state index is 14.0. The molecule has 0 saturated heterocycles. The zero-order valence-corrected chi connectivity index (χ0v) is 15.9. The monoisotopic (exact) mass is 386 g/mol. The molecule has 2 atom stereocenters. The Morgan fingerprint density at radius 2 is 1.93 bits per heavy atom. The first kappa shape index (κ1) is 19.3. The van der Waals surface area contributed by atoms with Crippen LogP contribution in [-0.4, -0.2) is 18.4 Å². The van der Waals surface area contributed by atoms with E-state index in [1.54, 1.807) is 13.0 Å². The van der Waals surface area contributed by atoms with Crippen molar-refractivity contribution >= 4 is 28.9 Å². The average Bonchev–Trinajstić information content (AvgIpc) is 2.64. The van der Waals surface area contributed by atoms with Gasteiger partial charge in [0.25, 0.3) is 0 Å². The number of ether oxygens (including phenoxy) is 1. The maximum absolute atomic E-state index is 14.0. The summed E-state index contributed by atoms with van der Waals surface area (Å²) in [5.41, 5.74) is 3.40. The minimum atomic E-state index is -0.986. The molecule has 0 fully saturated rings. The summed E-state index contributed by atoms with van der Waals surface area (Å²) in [6, 6.07) is 12.2. The van der Waals surface area contributed by atoms with Gasteiger partial charge in [-0.3, -0.25) is 9.59 Å². The van der Waals surface area contributed by atoms with Gasteiger partial charge in [0, 0.05) is 5.92 Å². The van der Waals surface area contributed by atoms with E-state index in [-0.39, 0.29) is 17.4 Å². The molecule has 0 bridgehead atoms. The number of allylic oxidation sites excluding steroid dienone is 2. The van der Waals surface area contributed by atoms with Gasteiger partial charge in [-0.1, -0.05) is 47.5 Å². The van der Waals surface area contributed by atoms with Crippen molar-refractivity contribution in [3.05, 3.63) is 76.1 Å². The van der Waals surface area contributed by atoms with Crippen LogP contribution in [0.1, 0.15) is 36.0 Å². The van der Waals surface area contributed by atoms with Crippen LogP contribution in [0.4, 0.5) is 4.39 Å². The van der Waals surface area contributed by atoms with Crippen LogP contribution in [0.25, 0.3) is 5.57 Å². The topological polar surface area (TPSA) is 43.4 Å². The van der Waals surface area contributed by atoms with Gasteiger partial charge in [-0.05, 0) is 55.2 Å². The number of halogens is 2. The molecule has 0 saturated carbocycles. The fourth-order valence-electron chi connectivity index (χ4n) is 3.41. The molecular formula is C22H20ClFO3. The van der Waals surface area contributed by atoms with Crippen LogP contribution in [0.3, 0.4) is 0 Å². The normalized spacial score (nSPS) is 19.6. The lowest BCUT2D eigenvalue weighted by Gasteiger charge is -2.29. The number of carbonyl (C=O) groups is 2. The lowest BCUT2D eigenvalue weighted by Crippen LogP contribution is -2.34. The molecule has 1 aliphatic rings. The van der Waals surface area contributed by atoms with Crippen molar-refractivity contribution in [1.82, 2.24) is 0 Å². The summed E-state index contributed by atoms with van der Waals surface area (Å²) >= 11 is 5.79. The highest BCUT2D eigenvalue weighted by molar-refractivity contribution is 6.30. The first-order valence-corrected chi connectivity index (χ1v) is 9.21. The summed E-state index contributed by atoms with van der Waals surface area (Å²) in [4.78, 5) is 25.2. The van der Waals surface area contributed by atoms with E-state index >= 15 is 0 Å². The van der Waals surface area contributed by atoms with Crippen molar-refractivity contribution in [2.24, 2.45) is 5.92 Å². The molecule has 0 amide bonds. The zero-order valence-electron chi connectivity index (χ0n) is 15.2. The molecule has 3 rings (SSSR count). The summed E-state index contributed by atoms with van der Waals surface area (Å²) < 4.78 is 19.1. The number of benzene rings is 2. The molecule has 2 aromatic carbocycles. The molecule has 0 radical (unpaired) electrons. The Labute approximate surface area is 162 Å². The van der Waals surface area contributed by atoms with Crippen LogP contribution in [0, 0.1) is 18.7 Å². The Hall–Kier alpha value is -2.46. The molecule has 0 heterocycles. The van der Waals surface area contributed by atoms with E-state index in [9.17, 15) is 14.0 Å². The van der Waals surface area contributed by atoms with Gasteiger partial charge in [0.2, 0.25) is 0 Å². The number of hydrogen-bond acceptors (Lipinski definition) is 3. The fraction of sp³-hybridized carbons (Fsp3) is 0.273. The molecule has 2 aromatic rings. The first-order valence-electron chi connectivity index (χ1n) is 8.83. The van der Waals surface area contributed by atoms with Gasteiger partial charge in [0.15, 0.2) is 5.78 Å². The third-order valence-electron chi connectivity index (χ3n) is 4.80. The Bertz CT molecular complexity index is 902. The van der Waals surface area contributed by atoms with Gasteiger partial charge in [-0.25, -0.2) is 4.39 Å². The highest BCUT2D eigenvalue weighted by Crippen LogP contribution is 2.41. The molecule has 140 valence electrons. The standard InChI is InChI=1S/C22H20ClFO3/c1-3-27-22(26)21-17(15-8-9-18(23)19(24)11-15)10-16(12-20(21)25)14-6-4-13(2)5-7-14/h4-9,11-12,17,21H,3,10H2,1-2H3/t17-,21-/m0/s1. The lowest BCUT2D eigenvalue weighted by molar-refractivity contribution is -0.151. The molecular weight excluding hydrogens is 367 g/mol. The van der Waals surface area contributed by atoms with E-state index in [0.29, 0.717) is 12.0 Å². The highest BCUT2D eigenvalue weighted by atomic mass is 35.5. The summed E-state index contributed by atoms with van der Waals surface area (Å²) in [5, 5.41) is 0.00266. The number of rotatable bonds is 4. The molecule has 3 nitrogen and oxygen atoms in total. The Morgan fingerprint density at radius 3 is 2.56 bits per heavy atom. The summed E-state index contributed by atoms with van der Waals surface area (Å²) in [7, 11) is 0. The maximum Gasteiger partial charge on any atom is 0.317 e. The number of carbonyl (C=O) groups excluding carboxylic acids is 2. The van der Waals surface area contributed by atoms with Gasteiger partial charge in [-0.15, -0.1) is 0 Å². The second-order valence-corrected chi connectivity index (χ2v) is 7.06. The van der Waals surface area contributed by atoms with Gasteiger partial charge >= 0.3 is 5.97 Å². The van der Waals surface area contributed by atoms with Crippen LogP contribution in [0.5, 0.6) is 0 Å². The predicted molar refractivity (Wildman–Crippen MR) is 103 cm³/mol. The molecule has 0 N–H and O–H groups in total. The van der Waals surface area contributed by atoms with Crippen LogP contribution in [0.15, 0.2) is 48.5 Å². The van der Waals surface area contributed by atoms with Crippen molar-refractivity contribution in [2.75, 3.05) is 6.61 Å². The van der Waals surface area contributed by atoms with E-state index in [1.165, 1.54) is 18.2 Å². The number of aryl methyl sites for hydroxylation is 1. The van der Waals surface area contributed by atoms with E-state index in [2.05, 4.69) is 0 Å². The second-order valence-electron chi connectivity index (χ2n) is 6.65. The van der Waals surface area contributed by atoms with Gasteiger partial charge in [-0.2, -0.15) is 0 Å². The van der Waals surface area contributed by atoms with Crippen LogP contribution < -0.4 is 0 Å². The second kappa shape index (κ2) is 8.05. The van der Waals surface area contributed by atoms with Gasteiger partial charge < -0.3 is 4.74 Å². The van der Waals surface area contributed by atoms with E-state index in [0.717, 1.165) is 16.7 Å². The molecule has 0 spiro atoms. The smallest absolute Gasteiger partial charge is 0.317 e. The molecule has 27 heavy (non-hydrogen) atoms. The Balaban J connectivity index is 2.04. The summed E-state index contributed by atoms with van der Waals surface area (Å²) in [6.45, 7) is 3.86. The minimum absolute atomic E-state index is 0.00266. The number of esters is 1. The molecule has 0 aliphatic heterocycles. The van der Waals surface area contributed by atoms with Crippen LogP contribution in [-0.2, 0) is 14.3 Å². The third kappa shape index (κ3) is 4.11. The first-order chi connectivity index (χ1) is 12.9. The van der Waals surface area contributed by atoms with Gasteiger partial charge in [0.05, 0.1) is 11.6 Å². The zero-order chi connectivity index (χ0) is 19.6. The minimum Gasteiger partial charge on any atom is -0.465 e. The van der Waals surface area contributed by atoms with Crippen molar-refractivity contribution in [3.8, 4) is 0 Å². The van der Waals surface area contributed by atoms with E-state index in [4.69, 9.17) is 16.3 Å². The molecule has 5 heteroatoms. The molecule has 0 unspecified atom stereocenters. The van der Waals surface area contributed by atoms with Crippen molar-refractivity contribution in [1.29, 1.82) is 0 Å². The van der Waals surface area contributed by atoms with E-state index in [1.807, 2.05) is 31.2 Å². The van der Waals surface area contributed by atoms with Gasteiger partial charge in [0.1, 0.15) is 11.7 Å². The SMILES string of the molecule is CCOC(=O)[C@@H]1C(=O)C=C(c2ccc(C)cc2)C[C@H]1c1ccc(Cl)c(F)c1. The lowest BCUT2D eigenvalue weighted by atomic mass is 9.73. The number of hydrogen-bond donors (Lipinski definition) is 0. The predicted octanol–water partition coefficient (Wildman–Crippen LogP) is 5.11.